The highest BCUT2D eigenvalue weighted by Gasteiger charge is 2.65. The van der Waals surface area contributed by atoms with Gasteiger partial charge in [-0.15, -0.1) is 0 Å². The van der Waals surface area contributed by atoms with Crippen LogP contribution in [0.3, 0.4) is 0 Å². The van der Waals surface area contributed by atoms with E-state index in [2.05, 4.69) is 0 Å². The summed E-state index contributed by atoms with van der Waals surface area (Å²) in [4.78, 5) is 11.3. The fourth-order valence-electron chi connectivity index (χ4n) is 2.33. The summed E-state index contributed by atoms with van der Waals surface area (Å²) >= 11 is 0. The van der Waals surface area contributed by atoms with Crippen molar-refractivity contribution in [2.24, 2.45) is 0 Å². The molecule has 3 unspecified atom stereocenters. The number of ether oxygens (including phenoxy) is 4. The molecule has 2 fully saturated rings. The average Bonchev–Trinajstić information content (AvgIpc) is 2.60. The van der Waals surface area contributed by atoms with Crippen LogP contribution >= 0.6 is 0 Å². The summed E-state index contributed by atoms with van der Waals surface area (Å²) in [5.41, 5.74) is 0.277. The second-order valence-corrected chi connectivity index (χ2v) is 4.48. The van der Waals surface area contributed by atoms with Gasteiger partial charge in [-0.3, -0.25) is 0 Å². The van der Waals surface area contributed by atoms with Gasteiger partial charge in [0.1, 0.15) is 0 Å². The number of carbonyl (C=O) groups is 1. The predicted octanol–water partition coefficient (Wildman–Crippen LogP) is -0.334. The van der Waals surface area contributed by atoms with E-state index in [1.807, 2.05) is 0 Å². The molecule has 88 valence electrons. The van der Waals surface area contributed by atoms with Crippen molar-refractivity contribution in [2.75, 3.05) is 6.61 Å². The molecule has 2 saturated heterocycles. The monoisotopic (exact) mass is 228 g/mol. The number of esters is 1. The van der Waals surface area contributed by atoms with E-state index in [0.717, 1.165) is 0 Å². The van der Waals surface area contributed by atoms with Crippen molar-refractivity contribution in [3.63, 3.8) is 0 Å². The molecule has 0 amide bonds. The van der Waals surface area contributed by atoms with E-state index in [0.29, 0.717) is 0 Å². The topological polar surface area (TPSA) is 74.2 Å². The molecule has 1 spiro atoms. The van der Waals surface area contributed by atoms with E-state index in [4.69, 9.17) is 18.9 Å². The number of hydrogen-bond acceptors (Lipinski definition) is 6. The van der Waals surface area contributed by atoms with Gasteiger partial charge in [-0.05, 0) is 13.8 Å². The normalized spacial score (nSPS) is 44.7. The van der Waals surface area contributed by atoms with Gasteiger partial charge in [0.05, 0.1) is 12.2 Å². The van der Waals surface area contributed by atoms with Crippen LogP contribution in [0.5, 0.6) is 0 Å². The largest absolute Gasteiger partial charge is 0.422 e. The summed E-state index contributed by atoms with van der Waals surface area (Å²) in [6.07, 6.45) is -0.523. The third kappa shape index (κ3) is 1.18. The SMILES string of the molecule is CC1(C)OC2COC(O)C3=CC(=O)OC32O1. The van der Waals surface area contributed by atoms with Crippen molar-refractivity contribution in [2.45, 2.75) is 37.8 Å². The maximum absolute atomic E-state index is 11.3. The van der Waals surface area contributed by atoms with E-state index in [9.17, 15) is 9.90 Å². The lowest BCUT2D eigenvalue weighted by Gasteiger charge is -2.35. The smallest absolute Gasteiger partial charge is 0.334 e. The van der Waals surface area contributed by atoms with E-state index in [-0.39, 0.29) is 12.2 Å². The highest BCUT2D eigenvalue weighted by molar-refractivity contribution is 5.87. The zero-order valence-electron chi connectivity index (χ0n) is 8.93. The summed E-state index contributed by atoms with van der Waals surface area (Å²) in [6, 6.07) is 0. The number of aliphatic hydroxyl groups excluding tert-OH is 1. The summed E-state index contributed by atoms with van der Waals surface area (Å²) in [6.45, 7) is 3.56. The van der Waals surface area contributed by atoms with Crippen LogP contribution < -0.4 is 0 Å². The number of carbonyl (C=O) groups excluding carboxylic acids is 1. The zero-order valence-corrected chi connectivity index (χ0v) is 8.93. The molecule has 0 aromatic heterocycles. The second-order valence-electron chi connectivity index (χ2n) is 4.48. The van der Waals surface area contributed by atoms with Crippen molar-refractivity contribution >= 4 is 5.97 Å². The Labute approximate surface area is 91.7 Å². The first-order valence-electron chi connectivity index (χ1n) is 5.06. The fourth-order valence-corrected chi connectivity index (χ4v) is 2.33. The Kier molecular flexibility index (Phi) is 1.81. The minimum atomic E-state index is -1.31. The number of hydrogen-bond donors (Lipinski definition) is 1. The summed E-state index contributed by atoms with van der Waals surface area (Å²) in [5.74, 6) is -2.73. The Morgan fingerprint density at radius 1 is 1.50 bits per heavy atom. The summed E-state index contributed by atoms with van der Waals surface area (Å²) < 4.78 is 21.5. The van der Waals surface area contributed by atoms with E-state index in [1.165, 1.54) is 6.08 Å². The molecule has 1 N–H and O–H groups in total. The molecular formula is C10H12O6. The van der Waals surface area contributed by atoms with Gasteiger partial charge in [-0.25, -0.2) is 4.79 Å². The Hall–Kier alpha value is -0.950. The van der Waals surface area contributed by atoms with Gasteiger partial charge in [0.2, 0.25) is 0 Å². The first-order chi connectivity index (χ1) is 7.43. The molecule has 0 aliphatic carbocycles. The molecule has 0 aromatic rings. The van der Waals surface area contributed by atoms with Crippen LogP contribution in [0.1, 0.15) is 13.8 Å². The number of rotatable bonds is 0. The Morgan fingerprint density at radius 3 is 3.00 bits per heavy atom. The third-order valence-electron chi connectivity index (χ3n) is 2.85. The maximum atomic E-state index is 11.3. The van der Waals surface area contributed by atoms with Crippen LogP contribution in [0.2, 0.25) is 0 Å². The Morgan fingerprint density at radius 2 is 2.25 bits per heavy atom. The lowest BCUT2D eigenvalue weighted by molar-refractivity contribution is -0.246. The molecule has 16 heavy (non-hydrogen) atoms. The average molecular weight is 228 g/mol. The van der Waals surface area contributed by atoms with Gasteiger partial charge < -0.3 is 24.1 Å². The Balaban J connectivity index is 2.05. The highest BCUT2D eigenvalue weighted by atomic mass is 16.9. The highest BCUT2D eigenvalue weighted by Crippen LogP contribution is 2.48. The van der Waals surface area contributed by atoms with Crippen LogP contribution in [-0.2, 0) is 23.7 Å². The van der Waals surface area contributed by atoms with Gasteiger partial charge in [-0.1, -0.05) is 0 Å². The van der Waals surface area contributed by atoms with E-state index < -0.39 is 29.9 Å². The van der Waals surface area contributed by atoms with Crippen molar-refractivity contribution < 1.29 is 28.8 Å². The molecule has 3 aliphatic rings. The molecule has 0 aromatic carbocycles. The zero-order chi connectivity index (χ0) is 11.6. The Bertz CT molecular complexity index is 387. The quantitative estimate of drug-likeness (QED) is 0.572. The molecule has 6 heteroatoms. The van der Waals surface area contributed by atoms with E-state index in [1.54, 1.807) is 13.8 Å². The lowest BCUT2D eigenvalue weighted by Crippen LogP contribution is -2.52. The predicted molar refractivity (Wildman–Crippen MR) is 48.9 cm³/mol. The van der Waals surface area contributed by atoms with Crippen LogP contribution in [0.25, 0.3) is 0 Å². The summed E-state index contributed by atoms with van der Waals surface area (Å²) in [5, 5.41) is 9.65. The summed E-state index contributed by atoms with van der Waals surface area (Å²) in [7, 11) is 0. The molecule has 3 aliphatic heterocycles. The van der Waals surface area contributed by atoms with E-state index >= 15 is 0 Å². The fraction of sp³-hybridized carbons (Fsp3) is 0.700. The van der Waals surface area contributed by atoms with Crippen LogP contribution in [0.15, 0.2) is 11.6 Å². The lowest BCUT2D eigenvalue weighted by atomic mass is 9.99. The van der Waals surface area contributed by atoms with Crippen molar-refractivity contribution in [3.05, 3.63) is 11.6 Å². The molecule has 3 atom stereocenters. The van der Waals surface area contributed by atoms with Gasteiger partial charge in [0.25, 0.3) is 5.79 Å². The molecule has 0 bridgehead atoms. The van der Waals surface area contributed by atoms with Crippen molar-refractivity contribution in [1.82, 2.24) is 0 Å². The van der Waals surface area contributed by atoms with Crippen LogP contribution in [0.4, 0.5) is 0 Å². The van der Waals surface area contributed by atoms with Crippen molar-refractivity contribution in [1.29, 1.82) is 0 Å². The standard InChI is InChI=1S/C10H12O6/c1-9(2)14-6-4-13-8(12)5-3-7(11)15-10(5,6)16-9/h3,6,8,12H,4H2,1-2H3. The molecular weight excluding hydrogens is 216 g/mol. The maximum Gasteiger partial charge on any atom is 0.334 e. The molecule has 3 rings (SSSR count). The minimum Gasteiger partial charge on any atom is -0.422 e. The number of aliphatic hydroxyl groups is 1. The van der Waals surface area contributed by atoms with Gasteiger partial charge >= 0.3 is 5.97 Å². The van der Waals surface area contributed by atoms with Gasteiger partial charge in [0, 0.05) is 6.08 Å². The van der Waals surface area contributed by atoms with Crippen LogP contribution in [-0.4, -0.2) is 41.7 Å². The molecule has 3 heterocycles. The van der Waals surface area contributed by atoms with Crippen molar-refractivity contribution in [3.8, 4) is 0 Å². The van der Waals surface area contributed by atoms with Crippen LogP contribution in [0, 0.1) is 0 Å². The molecule has 0 saturated carbocycles. The minimum absolute atomic E-state index is 0.120. The second kappa shape index (κ2) is 2.84. The third-order valence-corrected chi connectivity index (χ3v) is 2.85. The first kappa shape index (κ1) is 10.2. The molecule has 6 nitrogen and oxygen atoms in total. The molecule has 0 radical (unpaired) electrons. The van der Waals surface area contributed by atoms with Gasteiger partial charge in [-0.2, -0.15) is 0 Å². The van der Waals surface area contributed by atoms with Gasteiger partial charge in [0.15, 0.2) is 18.2 Å². The first-order valence-corrected chi connectivity index (χ1v) is 5.06.